The van der Waals surface area contributed by atoms with Crippen LogP contribution >= 0.6 is 0 Å². The van der Waals surface area contributed by atoms with E-state index < -0.39 is 0 Å². The van der Waals surface area contributed by atoms with Gasteiger partial charge in [-0.2, -0.15) is 0 Å². The number of hydrogen-bond donors (Lipinski definition) is 0. The minimum atomic E-state index is 0.142. The lowest BCUT2D eigenvalue weighted by Gasteiger charge is -2.92. The van der Waals surface area contributed by atoms with Crippen LogP contribution in [0.5, 0.6) is 0 Å². The highest BCUT2D eigenvalue weighted by molar-refractivity contribution is 6.10. The summed E-state index contributed by atoms with van der Waals surface area (Å²) in [5, 5.41) is 4.77. The smallest absolute Gasteiger partial charge is 0.135 e. The number of para-hydroxylation sites is 3. The van der Waals surface area contributed by atoms with Crippen molar-refractivity contribution in [3.8, 4) is 55.6 Å². The van der Waals surface area contributed by atoms with E-state index in [1.54, 1.807) is 11.1 Å². The fraction of sp³-hybridized carbons (Fsp3) is 0.134. The molecule has 11 aromatic rings. The summed E-state index contributed by atoms with van der Waals surface area (Å²) >= 11 is 0. The van der Waals surface area contributed by atoms with Gasteiger partial charge in [0.2, 0.25) is 0 Å². The molecule has 0 aliphatic heterocycles. The minimum Gasteiger partial charge on any atom is -0.456 e. The Morgan fingerprint density at radius 1 is 0.377 bits per heavy atom. The van der Waals surface area contributed by atoms with Crippen LogP contribution < -0.4 is 4.90 Å². The van der Waals surface area contributed by atoms with Crippen molar-refractivity contribution < 1.29 is 4.42 Å². The van der Waals surface area contributed by atoms with Gasteiger partial charge >= 0.3 is 0 Å². The Morgan fingerprint density at radius 3 is 1.78 bits per heavy atom. The Kier molecular flexibility index (Phi) is 7.63. The van der Waals surface area contributed by atoms with Gasteiger partial charge in [0, 0.05) is 33.0 Å². The van der Waals surface area contributed by atoms with Crippen molar-refractivity contribution in [3.05, 3.63) is 236 Å². The van der Waals surface area contributed by atoms with Gasteiger partial charge in [0.15, 0.2) is 0 Å². The molecule has 0 radical (unpaired) electrons. The largest absolute Gasteiger partial charge is 0.456 e. The fourth-order valence-electron chi connectivity index (χ4n) is 15.5. The summed E-state index contributed by atoms with van der Waals surface area (Å²) in [5.74, 6) is 3.49. The number of nitrogens with zero attached hydrogens (tertiary/aromatic N) is 1. The van der Waals surface area contributed by atoms with Crippen LogP contribution in [0.15, 0.2) is 229 Å². The Balaban J connectivity index is 0.887. The molecule has 0 bridgehead atoms. The van der Waals surface area contributed by atoms with Gasteiger partial charge in [-0.25, -0.2) is 0 Å². The summed E-state index contributed by atoms with van der Waals surface area (Å²) < 4.78 is 6.23. The quantitative estimate of drug-likeness (QED) is 0.159. The van der Waals surface area contributed by atoms with Crippen LogP contribution in [0.2, 0.25) is 0 Å². The molecule has 4 unspecified atom stereocenters. The molecule has 2 nitrogen and oxygen atoms in total. The standard InChI is InChI=1S/C67H47NO/c1-2-14-42(15-3-1)50-22-12-16-43-17-13-23-55(65(43)50)53-20-6-10-26-60(53)68(48-32-28-41(29-33-48)44-31-35-62-56(36-44)54-21-7-11-27-61(54)69-62)59-25-9-5-18-49(59)45-30-34-52-51-19-4-8-24-57(51)67(58(52)37-45)63-39-46-38-47-40-64(67)66(46,47)63/h1-37,46-47,63-64H,38-40H2. The molecule has 2 spiro atoms. The Bertz CT molecular complexity index is 3910. The van der Waals surface area contributed by atoms with Crippen LogP contribution in [0.3, 0.4) is 0 Å². The molecule has 10 aromatic carbocycles. The third-order valence-corrected chi connectivity index (χ3v) is 18.2. The van der Waals surface area contributed by atoms with Gasteiger partial charge in [-0.05, 0) is 163 Å². The Morgan fingerprint density at radius 2 is 0.986 bits per heavy atom. The van der Waals surface area contributed by atoms with Gasteiger partial charge in [-0.15, -0.1) is 0 Å². The molecule has 326 valence electrons. The van der Waals surface area contributed by atoms with Crippen molar-refractivity contribution in [2.75, 3.05) is 4.90 Å². The monoisotopic (exact) mass is 881 g/mol. The average Bonchev–Trinajstić information content (AvgIpc) is 3.92. The summed E-state index contributed by atoms with van der Waals surface area (Å²) in [6, 6.07) is 83.7. The third-order valence-electron chi connectivity index (χ3n) is 18.2. The van der Waals surface area contributed by atoms with Crippen molar-refractivity contribution in [3.63, 3.8) is 0 Å². The molecule has 5 aliphatic rings. The normalized spacial score (nSPS) is 23.0. The molecule has 4 fully saturated rings. The summed E-state index contributed by atoms with van der Waals surface area (Å²) in [6.07, 6.45) is 4.27. The SMILES string of the molecule is c1ccc(-c2cccc3cccc(-c4ccccc4N(c4ccc(-c5ccc6oc7ccccc7c6c5)cc4)c4ccccc4-c4ccc5c(c4)C4(c6ccccc6-5)C5CC6CC7CC4C675)c23)cc1. The molecule has 0 N–H and O–H groups in total. The van der Waals surface area contributed by atoms with E-state index in [1.165, 1.54) is 85.7 Å². The molecule has 5 aliphatic carbocycles. The highest BCUT2D eigenvalue weighted by atomic mass is 16.3. The van der Waals surface area contributed by atoms with Gasteiger partial charge in [0.25, 0.3) is 0 Å². The van der Waals surface area contributed by atoms with E-state index in [9.17, 15) is 0 Å². The maximum Gasteiger partial charge on any atom is 0.135 e. The van der Waals surface area contributed by atoms with E-state index in [0.29, 0.717) is 5.41 Å². The van der Waals surface area contributed by atoms with Crippen LogP contribution in [-0.2, 0) is 5.41 Å². The highest BCUT2D eigenvalue weighted by Gasteiger charge is 2.90. The van der Waals surface area contributed by atoms with E-state index in [0.717, 1.165) is 62.7 Å². The molecule has 4 saturated carbocycles. The molecular formula is C67H47NO. The molecular weight excluding hydrogens is 835 g/mol. The first-order chi connectivity index (χ1) is 34.2. The molecule has 1 aromatic heterocycles. The summed E-state index contributed by atoms with van der Waals surface area (Å²) in [4.78, 5) is 2.53. The average molecular weight is 882 g/mol. The highest BCUT2D eigenvalue weighted by Crippen LogP contribution is 2.94. The zero-order valence-corrected chi connectivity index (χ0v) is 38.1. The van der Waals surface area contributed by atoms with E-state index in [1.807, 2.05) is 6.07 Å². The second-order valence-electron chi connectivity index (χ2n) is 20.7. The number of rotatable bonds is 7. The van der Waals surface area contributed by atoms with E-state index in [4.69, 9.17) is 4.42 Å². The maximum atomic E-state index is 6.23. The number of benzene rings is 10. The number of furan rings is 1. The fourth-order valence-corrected chi connectivity index (χ4v) is 15.5. The zero-order chi connectivity index (χ0) is 45.0. The molecule has 4 atom stereocenters. The lowest BCUT2D eigenvalue weighted by molar-refractivity contribution is -0.412. The van der Waals surface area contributed by atoms with Crippen molar-refractivity contribution in [1.29, 1.82) is 0 Å². The van der Waals surface area contributed by atoms with Gasteiger partial charge in [-0.3, -0.25) is 0 Å². The van der Waals surface area contributed by atoms with Crippen molar-refractivity contribution >= 4 is 49.8 Å². The van der Waals surface area contributed by atoms with Crippen LogP contribution in [0, 0.1) is 29.1 Å². The minimum absolute atomic E-state index is 0.142. The predicted octanol–water partition coefficient (Wildman–Crippen LogP) is 17.8. The maximum absolute atomic E-state index is 6.23. The topological polar surface area (TPSA) is 16.4 Å². The van der Waals surface area contributed by atoms with E-state index in [2.05, 4.69) is 223 Å². The van der Waals surface area contributed by atoms with Crippen LogP contribution in [0.4, 0.5) is 17.1 Å². The molecule has 0 saturated heterocycles. The second kappa shape index (κ2) is 13.8. The third kappa shape index (κ3) is 4.86. The van der Waals surface area contributed by atoms with Crippen molar-refractivity contribution in [2.24, 2.45) is 29.1 Å². The molecule has 0 amide bonds. The first-order valence-electron chi connectivity index (χ1n) is 25.0. The first kappa shape index (κ1) is 38.1. The summed E-state index contributed by atoms with van der Waals surface area (Å²) in [6.45, 7) is 0. The predicted molar refractivity (Wildman–Crippen MR) is 284 cm³/mol. The summed E-state index contributed by atoms with van der Waals surface area (Å²) in [5.41, 5.74) is 21.8. The molecule has 69 heavy (non-hydrogen) atoms. The molecule has 2 heteroatoms. The van der Waals surface area contributed by atoms with Crippen LogP contribution in [0.1, 0.15) is 30.4 Å². The van der Waals surface area contributed by atoms with Crippen molar-refractivity contribution in [2.45, 2.75) is 24.7 Å². The van der Waals surface area contributed by atoms with Gasteiger partial charge < -0.3 is 9.32 Å². The molecule has 16 rings (SSSR count). The number of anilines is 3. The van der Waals surface area contributed by atoms with Gasteiger partial charge in [0.1, 0.15) is 11.2 Å². The Hall–Kier alpha value is -7.94. The van der Waals surface area contributed by atoms with E-state index in [-0.39, 0.29) is 5.41 Å². The summed E-state index contributed by atoms with van der Waals surface area (Å²) in [7, 11) is 0. The first-order valence-corrected chi connectivity index (χ1v) is 25.0. The second-order valence-corrected chi connectivity index (χ2v) is 20.7. The van der Waals surface area contributed by atoms with Crippen LogP contribution in [-0.4, -0.2) is 0 Å². The Labute approximate surface area is 402 Å². The van der Waals surface area contributed by atoms with E-state index >= 15 is 0 Å². The van der Waals surface area contributed by atoms with Crippen LogP contribution in [0.25, 0.3) is 88.3 Å². The van der Waals surface area contributed by atoms with Gasteiger partial charge in [-0.1, -0.05) is 176 Å². The number of hydrogen-bond acceptors (Lipinski definition) is 2. The lowest BCUT2D eigenvalue weighted by atomic mass is 9.11. The zero-order valence-electron chi connectivity index (χ0n) is 38.1. The molecule has 1 heterocycles. The number of fused-ring (bicyclic) bond motifs is 11. The van der Waals surface area contributed by atoms with Gasteiger partial charge in [0.05, 0.1) is 11.4 Å². The lowest BCUT2D eigenvalue weighted by Crippen LogP contribution is -2.88. The van der Waals surface area contributed by atoms with Crippen molar-refractivity contribution in [1.82, 2.24) is 0 Å².